The minimum atomic E-state index is -0.378. The van der Waals surface area contributed by atoms with Gasteiger partial charge in [-0.1, -0.05) is 36.0 Å². The molecular formula is C23H24FN5O2S. The summed E-state index contributed by atoms with van der Waals surface area (Å²) in [5, 5.41) is 14.4. The summed E-state index contributed by atoms with van der Waals surface area (Å²) < 4.78 is 14.8. The second-order valence-electron chi connectivity index (χ2n) is 7.13. The van der Waals surface area contributed by atoms with Crippen molar-refractivity contribution < 1.29 is 14.0 Å². The molecule has 7 nitrogen and oxygen atoms in total. The number of carbonyl (C=O) groups excluding carboxylic acids is 2. The lowest BCUT2D eigenvalue weighted by Crippen LogP contribution is -2.18. The number of benzene rings is 2. The monoisotopic (exact) mass is 453 g/mol. The van der Waals surface area contributed by atoms with Crippen LogP contribution in [0.3, 0.4) is 0 Å². The normalized spacial score (nSPS) is 10.6. The third kappa shape index (κ3) is 6.04. The van der Waals surface area contributed by atoms with Crippen LogP contribution >= 0.6 is 11.8 Å². The Bertz CT molecular complexity index is 1110. The minimum Gasteiger partial charge on any atom is -0.326 e. The fourth-order valence-electron chi connectivity index (χ4n) is 3.07. The van der Waals surface area contributed by atoms with Crippen molar-refractivity contribution in [3.05, 3.63) is 77.9 Å². The summed E-state index contributed by atoms with van der Waals surface area (Å²) in [5.74, 6) is -0.251. The number of anilines is 2. The number of aromatic nitrogens is 3. The number of carbonyl (C=O) groups is 2. The first-order chi connectivity index (χ1) is 15.4. The summed E-state index contributed by atoms with van der Waals surface area (Å²) in [5.41, 5.74) is 3.29. The quantitative estimate of drug-likeness (QED) is 0.376. The van der Waals surface area contributed by atoms with Gasteiger partial charge in [0.1, 0.15) is 11.6 Å². The zero-order chi connectivity index (χ0) is 23.1. The first kappa shape index (κ1) is 23.2. The van der Waals surface area contributed by atoms with Gasteiger partial charge in [-0.25, -0.2) is 4.39 Å². The molecule has 0 radical (unpaired) electrons. The molecule has 2 N–H and O–H groups in total. The summed E-state index contributed by atoms with van der Waals surface area (Å²) in [7, 11) is 0. The molecule has 3 aromatic rings. The Morgan fingerprint density at radius 2 is 1.75 bits per heavy atom. The van der Waals surface area contributed by atoms with Gasteiger partial charge in [0, 0.05) is 17.9 Å². The number of nitrogens with one attached hydrogen (secondary N) is 2. The van der Waals surface area contributed by atoms with E-state index in [1.54, 1.807) is 10.6 Å². The lowest BCUT2D eigenvalue weighted by atomic mass is 10.1. The molecule has 0 aliphatic carbocycles. The van der Waals surface area contributed by atoms with E-state index in [4.69, 9.17) is 0 Å². The smallest absolute Gasteiger partial charge is 0.234 e. The second kappa shape index (κ2) is 10.7. The van der Waals surface area contributed by atoms with Gasteiger partial charge in [-0.15, -0.1) is 16.8 Å². The van der Waals surface area contributed by atoms with Crippen molar-refractivity contribution in [1.82, 2.24) is 14.8 Å². The van der Waals surface area contributed by atoms with Crippen LogP contribution in [0.1, 0.15) is 17.0 Å². The molecule has 9 heteroatoms. The summed E-state index contributed by atoms with van der Waals surface area (Å²) >= 11 is 1.24. The standard InChI is InChI=1S/C23H24FN5O2S/c1-4-12-29-19(13-20(30)25-18-10-8-17(24)9-11-18)27-28-23(29)32-14-21(31)26-22-15(2)6-5-7-16(22)3/h4-11H,1,12-14H2,2-3H3,(H,25,30)(H,26,31). The molecule has 2 amide bonds. The second-order valence-corrected chi connectivity index (χ2v) is 8.08. The highest BCUT2D eigenvalue weighted by Crippen LogP contribution is 2.22. The molecule has 0 atom stereocenters. The van der Waals surface area contributed by atoms with Gasteiger partial charge in [0.2, 0.25) is 11.8 Å². The van der Waals surface area contributed by atoms with E-state index < -0.39 is 0 Å². The molecule has 0 fully saturated rings. The first-order valence-electron chi connectivity index (χ1n) is 9.94. The SMILES string of the molecule is C=CCn1c(CC(=O)Nc2ccc(F)cc2)nnc1SCC(=O)Nc1c(C)cccc1C. The van der Waals surface area contributed by atoms with Crippen LogP contribution in [0.2, 0.25) is 0 Å². The lowest BCUT2D eigenvalue weighted by molar-refractivity contribution is -0.116. The molecule has 32 heavy (non-hydrogen) atoms. The molecule has 1 heterocycles. The zero-order valence-electron chi connectivity index (χ0n) is 17.9. The maximum absolute atomic E-state index is 13.0. The molecule has 0 bridgehead atoms. The highest BCUT2D eigenvalue weighted by atomic mass is 32.2. The maximum Gasteiger partial charge on any atom is 0.234 e. The first-order valence-corrected chi connectivity index (χ1v) is 10.9. The van der Waals surface area contributed by atoms with Crippen molar-refractivity contribution in [3.63, 3.8) is 0 Å². The molecule has 0 aliphatic rings. The van der Waals surface area contributed by atoms with Crippen LogP contribution in [0.15, 0.2) is 60.3 Å². The van der Waals surface area contributed by atoms with Crippen LogP contribution in [-0.4, -0.2) is 32.3 Å². The topological polar surface area (TPSA) is 88.9 Å². The summed E-state index contributed by atoms with van der Waals surface area (Å²) in [6.07, 6.45) is 1.65. The number of allylic oxidation sites excluding steroid dienone is 1. The van der Waals surface area contributed by atoms with E-state index in [2.05, 4.69) is 27.4 Å². The summed E-state index contributed by atoms with van der Waals surface area (Å²) in [4.78, 5) is 24.9. The van der Waals surface area contributed by atoms with Gasteiger partial charge in [0.05, 0.1) is 12.2 Å². The van der Waals surface area contributed by atoms with Gasteiger partial charge in [-0.3, -0.25) is 9.59 Å². The van der Waals surface area contributed by atoms with E-state index in [1.807, 2.05) is 32.0 Å². The number of thioether (sulfide) groups is 1. The molecule has 2 aromatic carbocycles. The number of rotatable bonds is 9. The molecule has 0 saturated carbocycles. The molecular weight excluding hydrogens is 429 g/mol. The summed E-state index contributed by atoms with van der Waals surface area (Å²) in [6, 6.07) is 11.3. The van der Waals surface area contributed by atoms with Crippen LogP contribution in [-0.2, 0) is 22.6 Å². The van der Waals surface area contributed by atoms with E-state index in [0.29, 0.717) is 23.2 Å². The molecule has 0 unspecified atom stereocenters. The Kier molecular flexibility index (Phi) is 7.77. The third-order valence-corrected chi connectivity index (χ3v) is 5.60. The number of hydrogen-bond donors (Lipinski definition) is 2. The number of amides is 2. The maximum atomic E-state index is 13.0. The van der Waals surface area contributed by atoms with Crippen molar-refractivity contribution in [2.24, 2.45) is 0 Å². The minimum absolute atomic E-state index is 0.0205. The largest absolute Gasteiger partial charge is 0.326 e. The van der Waals surface area contributed by atoms with Gasteiger partial charge < -0.3 is 15.2 Å². The Balaban J connectivity index is 1.63. The third-order valence-electron chi connectivity index (χ3n) is 4.63. The van der Waals surface area contributed by atoms with E-state index >= 15 is 0 Å². The lowest BCUT2D eigenvalue weighted by Gasteiger charge is -2.11. The number of halogens is 1. The Morgan fingerprint density at radius 1 is 1.06 bits per heavy atom. The zero-order valence-corrected chi connectivity index (χ0v) is 18.7. The average molecular weight is 454 g/mol. The molecule has 3 rings (SSSR count). The van der Waals surface area contributed by atoms with E-state index in [1.165, 1.54) is 36.0 Å². The van der Waals surface area contributed by atoms with Crippen molar-refractivity contribution in [3.8, 4) is 0 Å². The molecule has 0 spiro atoms. The Morgan fingerprint density at radius 3 is 2.41 bits per heavy atom. The van der Waals surface area contributed by atoms with E-state index in [9.17, 15) is 14.0 Å². The Hall–Kier alpha value is -3.46. The number of para-hydroxylation sites is 1. The van der Waals surface area contributed by atoms with Crippen molar-refractivity contribution in [2.45, 2.75) is 32.0 Å². The predicted molar refractivity (Wildman–Crippen MR) is 124 cm³/mol. The van der Waals surface area contributed by atoms with Gasteiger partial charge in [0.15, 0.2) is 5.16 Å². The van der Waals surface area contributed by atoms with Gasteiger partial charge >= 0.3 is 0 Å². The van der Waals surface area contributed by atoms with Crippen LogP contribution in [0.4, 0.5) is 15.8 Å². The number of nitrogens with zero attached hydrogens (tertiary/aromatic N) is 3. The van der Waals surface area contributed by atoms with E-state index in [0.717, 1.165) is 16.8 Å². The van der Waals surface area contributed by atoms with Gasteiger partial charge in [-0.05, 0) is 49.2 Å². The molecule has 1 aromatic heterocycles. The number of hydrogen-bond acceptors (Lipinski definition) is 5. The fraction of sp³-hybridized carbons (Fsp3) is 0.217. The average Bonchev–Trinajstić information content (AvgIpc) is 3.12. The van der Waals surface area contributed by atoms with Crippen LogP contribution in [0.5, 0.6) is 0 Å². The van der Waals surface area contributed by atoms with Crippen LogP contribution in [0, 0.1) is 19.7 Å². The highest BCUT2D eigenvalue weighted by Gasteiger charge is 2.17. The fourth-order valence-corrected chi connectivity index (χ4v) is 3.83. The summed E-state index contributed by atoms with van der Waals surface area (Å²) in [6.45, 7) is 8.03. The van der Waals surface area contributed by atoms with Crippen LogP contribution < -0.4 is 10.6 Å². The van der Waals surface area contributed by atoms with Gasteiger partial charge in [0.25, 0.3) is 0 Å². The highest BCUT2D eigenvalue weighted by molar-refractivity contribution is 7.99. The molecule has 0 saturated heterocycles. The van der Waals surface area contributed by atoms with E-state index in [-0.39, 0.29) is 29.8 Å². The molecule has 0 aliphatic heterocycles. The number of aryl methyl sites for hydroxylation is 2. The predicted octanol–water partition coefficient (Wildman–Crippen LogP) is 4.13. The van der Waals surface area contributed by atoms with Crippen LogP contribution in [0.25, 0.3) is 0 Å². The van der Waals surface area contributed by atoms with Gasteiger partial charge in [-0.2, -0.15) is 0 Å². The van der Waals surface area contributed by atoms with Crippen molar-refractivity contribution >= 4 is 35.0 Å². The molecule has 166 valence electrons. The van der Waals surface area contributed by atoms with Crippen molar-refractivity contribution in [1.29, 1.82) is 0 Å². The Labute approximate surface area is 190 Å². The van der Waals surface area contributed by atoms with Crippen molar-refractivity contribution in [2.75, 3.05) is 16.4 Å².